The lowest BCUT2D eigenvalue weighted by atomic mass is 10.2. The second-order valence-electron chi connectivity index (χ2n) is 7.75. The molecule has 0 radical (unpaired) electrons. The van der Waals surface area contributed by atoms with Gasteiger partial charge in [-0.05, 0) is 62.4 Å². The highest BCUT2D eigenvalue weighted by atomic mass is 16.3. The molecule has 2 aromatic rings. The van der Waals surface area contributed by atoms with Gasteiger partial charge in [0.2, 0.25) is 0 Å². The van der Waals surface area contributed by atoms with Crippen LogP contribution in [0.25, 0.3) is 0 Å². The van der Waals surface area contributed by atoms with Crippen LogP contribution in [0.2, 0.25) is 0 Å². The van der Waals surface area contributed by atoms with Crippen molar-refractivity contribution >= 4 is 28.9 Å². The molecule has 1 unspecified atom stereocenters. The molecular formula is C23H30N4O3. The van der Waals surface area contributed by atoms with Gasteiger partial charge in [0.05, 0.1) is 6.04 Å². The number of phenols is 1. The van der Waals surface area contributed by atoms with Gasteiger partial charge in [-0.15, -0.1) is 0 Å². The standard InChI is InChI=1S/C23H30N4O3/c1-17(18(2)28)24(3)23(30)25(4)19-5-7-20(8-6-19)26-13-15-27(16-14-26)21-9-11-22(29)12-10-21/h5-12,17,29H,13-16H2,1-4H3. The van der Waals surface area contributed by atoms with Crippen LogP contribution in [0.5, 0.6) is 5.75 Å². The Bertz CT molecular complexity index is 874. The molecule has 0 bridgehead atoms. The molecule has 7 nitrogen and oxygen atoms in total. The monoisotopic (exact) mass is 410 g/mol. The van der Waals surface area contributed by atoms with Crippen LogP contribution >= 0.6 is 0 Å². The van der Waals surface area contributed by atoms with Crippen molar-refractivity contribution in [2.75, 3.05) is 55.0 Å². The minimum Gasteiger partial charge on any atom is -0.508 e. The predicted molar refractivity (Wildman–Crippen MR) is 121 cm³/mol. The van der Waals surface area contributed by atoms with Gasteiger partial charge < -0.3 is 19.8 Å². The van der Waals surface area contributed by atoms with Crippen molar-refractivity contribution in [3.05, 3.63) is 48.5 Å². The number of ketones is 1. The molecular weight excluding hydrogens is 380 g/mol. The number of piperazine rings is 1. The number of nitrogens with zero attached hydrogens (tertiary/aromatic N) is 4. The molecule has 2 aromatic carbocycles. The first-order valence-corrected chi connectivity index (χ1v) is 10.2. The van der Waals surface area contributed by atoms with Gasteiger partial charge in [0.15, 0.2) is 5.78 Å². The quantitative estimate of drug-likeness (QED) is 0.820. The molecule has 0 saturated carbocycles. The summed E-state index contributed by atoms with van der Waals surface area (Å²) in [6, 6.07) is 14.6. The molecule has 3 rings (SSSR count). The van der Waals surface area contributed by atoms with E-state index in [9.17, 15) is 14.7 Å². The molecule has 30 heavy (non-hydrogen) atoms. The van der Waals surface area contributed by atoms with Gasteiger partial charge in [0.25, 0.3) is 0 Å². The van der Waals surface area contributed by atoms with Crippen molar-refractivity contribution in [2.45, 2.75) is 19.9 Å². The van der Waals surface area contributed by atoms with Crippen molar-refractivity contribution < 1.29 is 14.7 Å². The number of urea groups is 1. The van der Waals surface area contributed by atoms with E-state index in [4.69, 9.17) is 0 Å². The fourth-order valence-electron chi connectivity index (χ4n) is 3.56. The fourth-order valence-corrected chi connectivity index (χ4v) is 3.56. The van der Waals surface area contributed by atoms with Crippen LogP contribution in [0.4, 0.5) is 21.9 Å². The number of rotatable bonds is 5. The number of aromatic hydroxyl groups is 1. The van der Waals surface area contributed by atoms with Gasteiger partial charge in [0, 0.05) is 57.3 Å². The second kappa shape index (κ2) is 9.07. The first kappa shape index (κ1) is 21.5. The maximum absolute atomic E-state index is 12.6. The third-order valence-corrected chi connectivity index (χ3v) is 5.85. The average molecular weight is 411 g/mol. The van der Waals surface area contributed by atoms with Gasteiger partial charge >= 0.3 is 6.03 Å². The lowest BCUT2D eigenvalue weighted by molar-refractivity contribution is -0.120. The minimum absolute atomic E-state index is 0.0407. The zero-order valence-corrected chi connectivity index (χ0v) is 18.1. The number of carbonyl (C=O) groups excluding carboxylic acids is 2. The predicted octanol–water partition coefficient (Wildman–Crippen LogP) is 3.18. The summed E-state index contributed by atoms with van der Waals surface area (Å²) >= 11 is 0. The Morgan fingerprint density at radius 1 is 0.867 bits per heavy atom. The SMILES string of the molecule is CC(=O)C(C)N(C)C(=O)N(C)c1ccc(N2CCN(c3ccc(O)cc3)CC2)cc1. The van der Waals surface area contributed by atoms with Gasteiger partial charge in [0.1, 0.15) is 5.75 Å². The molecule has 1 aliphatic rings. The highest BCUT2D eigenvalue weighted by Crippen LogP contribution is 2.24. The van der Waals surface area contributed by atoms with E-state index in [1.807, 2.05) is 36.4 Å². The number of amides is 2. The second-order valence-corrected chi connectivity index (χ2v) is 7.75. The number of likely N-dealkylation sites (N-methyl/N-ethyl adjacent to an activating group) is 1. The maximum Gasteiger partial charge on any atom is 0.324 e. The summed E-state index contributed by atoms with van der Waals surface area (Å²) in [5.41, 5.74) is 3.02. The molecule has 2 amide bonds. The van der Waals surface area contributed by atoms with E-state index in [0.717, 1.165) is 43.2 Å². The summed E-state index contributed by atoms with van der Waals surface area (Å²) < 4.78 is 0. The van der Waals surface area contributed by atoms with E-state index in [1.54, 1.807) is 38.1 Å². The molecule has 1 heterocycles. The van der Waals surface area contributed by atoms with E-state index in [2.05, 4.69) is 9.80 Å². The third-order valence-electron chi connectivity index (χ3n) is 5.85. The van der Waals surface area contributed by atoms with Crippen molar-refractivity contribution in [1.29, 1.82) is 0 Å². The van der Waals surface area contributed by atoms with Gasteiger partial charge in [-0.3, -0.25) is 9.69 Å². The number of hydrogen-bond donors (Lipinski definition) is 1. The molecule has 0 spiro atoms. The van der Waals surface area contributed by atoms with Gasteiger partial charge in [-0.25, -0.2) is 4.79 Å². The Morgan fingerprint density at radius 3 is 1.73 bits per heavy atom. The smallest absolute Gasteiger partial charge is 0.324 e. The molecule has 7 heteroatoms. The number of anilines is 3. The van der Waals surface area contributed by atoms with Crippen LogP contribution in [0, 0.1) is 0 Å². The van der Waals surface area contributed by atoms with Crippen molar-refractivity contribution in [3.8, 4) is 5.75 Å². The van der Waals surface area contributed by atoms with Gasteiger partial charge in [-0.2, -0.15) is 0 Å². The number of carbonyl (C=O) groups is 2. The third kappa shape index (κ3) is 4.67. The summed E-state index contributed by atoms with van der Waals surface area (Å²) in [7, 11) is 3.37. The lowest BCUT2D eigenvalue weighted by Gasteiger charge is -2.37. The summed E-state index contributed by atoms with van der Waals surface area (Å²) in [6.07, 6.45) is 0. The Hall–Kier alpha value is -3.22. The van der Waals surface area contributed by atoms with Crippen molar-refractivity contribution in [2.24, 2.45) is 0 Å². The molecule has 1 atom stereocenters. The summed E-state index contributed by atoms with van der Waals surface area (Å²) in [5.74, 6) is 0.240. The molecule has 160 valence electrons. The lowest BCUT2D eigenvalue weighted by Crippen LogP contribution is -2.46. The Kier molecular flexibility index (Phi) is 6.50. The van der Waals surface area contributed by atoms with Crippen molar-refractivity contribution in [1.82, 2.24) is 4.90 Å². The van der Waals surface area contributed by atoms with E-state index >= 15 is 0 Å². The van der Waals surface area contributed by atoms with E-state index in [-0.39, 0.29) is 17.6 Å². The Balaban J connectivity index is 1.60. The molecule has 1 saturated heterocycles. The number of phenolic OH excluding ortho intramolecular Hbond substituents is 1. The van der Waals surface area contributed by atoms with E-state index in [0.29, 0.717) is 0 Å². The summed E-state index contributed by atoms with van der Waals surface area (Å²) in [5, 5.41) is 9.45. The number of benzene rings is 2. The van der Waals surface area contributed by atoms with Crippen LogP contribution in [0.1, 0.15) is 13.8 Å². The van der Waals surface area contributed by atoms with Crippen LogP contribution in [-0.2, 0) is 4.79 Å². The van der Waals surface area contributed by atoms with Gasteiger partial charge in [-0.1, -0.05) is 0 Å². The summed E-state index contributed by atoms with van der Waals surface area (Å²) in [4.78, 5) is 31.9. The normalized spacial score (nSPS) is 14.9. The van der Waals surface area contributed by atoms with E-state index < -0.39 is 6.04 Å². The van der Waals surface area contributed by atoms with Crippen LogP contribution in [-0.4, -0.2) is 68.1 Å². The highest BCUT2D eigenvalue weighted by molar-refractivity contribution is 5.95. The molecule has 0 aromatic heterocycles. The van der Waals surface area contributed by atoms with Crippen LogP contribution in [0.3, 0.4) is 0 Å². The zero-order chi connectivity index (χ0) is 21.8. The first-order valence-electron chi connectivity index (χ1n) is 10.2. The number of hydrogen-bond acceptors (Lipinski definition) is 5. The number of Topliss-reactive ketones (excluding diaryl/α,β-unsaturated/α-hetero) is 1. The zero-order valence-electron chi connectivity index (χ0n) is 18.1. The van der Waals surface area contributed by atoms with Crippen molar-refractivity contribution in [3.63, 3.8) is 0 Å². The molecule has 1 fully saturated rings. The fraction of sp³-hybridized carbons (Fsp3) is 0.391. The maximum atomic E-state index is 12.6. The highest BCUT2D eigenvalue weighted by Gasteiger charge is 2.23. The molecule has 1 N–H and O–H groups in total. The first-order chi connectivity index (χ1) is 14.3. The largest absolute Gasteiger partial charge is 0.508 e. The average Bonchev–Trinajstić information content (AvgIpc) is 2.77. The molecule has 0 aliphatic carbocycles. The van der Waals surface area contributed by atoms with Crippen LogP contribution < -0.4 is 14.7 Å². The Morgan fingerprint density at radius 2 is 1.30 bits per heavy atom. The Labute approximate surface area is 178 Å². The topological polar surface area (TPSA) is 67.3 Å². The molecule has 1 aliphatic heterocycles. The summed E-state index contributed by atoms with van der Waals surface area (Å²) in [6.45, 7) is 6.82. The van der Waals surface area contributed by atoms with Crippen LogP contribution in [0.15, 0.2) is 48.5 Å². The van der Waals surface area contributed by atoms with E-state index in [1.165, 1.54) is 11.8 Å². The minimum atomic E-state index is -0.455.